The van der Waals surface area contributed by atoms with Crippen LogP contribution in [-0.4, -0.2) is 36.1 Å². The van der Waals surface area contributed by atoms with Crippen molar-refractivity contribution in [3.63, 3.8) is 0 Å². The number of hydrogen-bond donors (Lipinski definition) is 1. The van der Waals surface area contributed by atoms with Crippen molar-refractivity contribution in [2.24, 2.45) is 0 Å². The molecule has 0 radical (unpaired) electrons. The Balaban J connectivity index is 1.60. The van der Waals surface area contributed by atoms with Crippen molar-refractivity contribution < 1.29 is 4.79 Å². The normalized spacial score (nSPS) is 14.2. The molecule has 0 unspecified atom stereocenters. The minimum atomic E-state index is -0.0719. The molecule has 5 nitrogen and oxygen atoms in total. The summed E-state index contributed by atoms with van der Waals surface area (Å²) in [6.07, 6.45) is 7.31. The molecule has 0 spiro atoms. The van der Waals surface area contributed by atoms with Gasteiger partial charge in [-0.1, -0.05) is 24.3 Å². The highest BCUT2D eigenvalue weighted by atomic mass is 16.2. The van der Waals surface area contributed by atoms with Crippen molar-refractivity contribution in [2.75, 3.05) is 25.0 Å². The van der Waals surface area contributed by atoms with E-state index in [4.69, 9.17) is 0 Å². The molecule has 1 aromatic carbocycles. The monoisotopic (exact) mass is 338 g/mol. The van der Waals surface area contributed by atoms with Crippen LogP contribution in [0.15, 0.2) is 48.8 Å². The number of rotatable bonds is 5. The first-order valence-corrected chi connectivity index (χ1v) is 8.95. The summed E-state index contributed by atoms with van der Waals surface area (Å²) in [6.45, 7) is 3.30. The second-order valence-electron chi connectivity index (χ2n) is 6.55. The van der Waals surface area contributed by atoms with Crippen LogP contribution in [-0.2, 0) is 13.1 Å². The van der Waals surface area contributed by atoms with E-state index in [0.717, 1.165) is 18.7 Å². The van der Waals surface area contributed by atoms with Crippen molar-refractivity contribution in [1.29, 1.82) is 0 Å². The quantitative estimate of drug-likeness (QED) is 0.909. The summed E-state index contributed by atoms with van der Waals surface area (Å²) >= 11 is 0. The van der Waals surface area contributed by atoms with Crippen molar-refractivity contribution in [1.82, 2.24) is 15.2 Å². The number of nitrogens with zero attached hydrogens (tertiary/aromatic N) is 3. The van der Waals surface area contributed by atoms with E-state index in [2.05, 4.69) is 33.4 Å². The molecule has 1 saturated heterocycles. The Morgan fingerprint density at radius 3 is 2.72 bits per heavy atom. The third kappa shape index (κ3) is 4.72. The lowest BCUT2D eigenvalue weighted by Crippen LogP contribution is -2.37. The fourth-order valence-electron chi connectivity index (χ4n) is 3.23. The molecule has 1 N–H and O–H groups in total. The maximum absolute atomic E-state index is 12.4. The van der Waals surface area contributed by atoms with Gasteiger partial charge in [-0.15, -0.1) is 0 Å². The molecule has 132 valence electrons. The Morgan fingerprint density at radius 1 is 1.16 bits per heavy atom. The van der Waals surface area contributed by atoms with Gasteiger partial charge >= 0.3 is 6.03 Å². The number of anilines is 1. The van der Waals surface area contributed by atoms with Crippen LogP contribution < -0.4 is 10.2 Å². The molecule has 2 amide bonds. The molecule has 1 fully saturated rings. The SMILES string of the molecule is CN(Cc1ccccc1N1CCCCC1)C(=O)NCc1cccnc1. The van der Waals surface area contributed by atoms with Gasteiger partial charge in [-0.3, -0.25) is 4.98 Å². The predicted octanol–water partition coefficient (Wildman–Crippen LogP) is 3.41. The van der Waals surface area contributed by atoms with Crippen LogP contribution in [0.3, 0.4) is 0 Å². The van der Waals surface area contributed by atoms with Gasteiger partial charge in [0.15, 0.2) is 0 Å². The standard InChI is InChI=1S/C20H26N4O/c1-23(20(25)22-15-17-8-7-11-21-14-17)16-18-9-3-4-10-19(18)24-12-5-2-6-13-24/h3-4,7-11,14H,2,5-6,12-13,15-16H2,1H3,(H,22,25). The summed E-state index contributed by atoms with van der Waals surface area (Å²) in [5.74, 6) is 0. The molecule has 0 bridgehead atoms. The molecule has 25 heavy (non-hydrogen) atoms. The third-order valence-electron chi connectivity index (χ3n) is 4.61. The van der Waals surface area contributed by atoms with Gasteiger partial charge in [-0.05, 0) is 42.5 Å². The fourth-order valence-corrected chi connectivity index (χ4v) is 3.23. The lowest BCUT2D eigenvalue weighted by molar-refractivity contribution is 0.206. The summed E-state index contributed by atoms with van der Waals surface area (Å²) < 4.78 is 0. The van der Waals surface area contributed by atoms with E-state index in [0.29, 0.717) is 13.1 Å². The van der Waals surface area contributed by atoms with Crippen molar-refractivity contribution in [2.45, 2.75) is 32.4 Å². The van der Waals surface area contributed by atoms with E-state index in [1.165, 1.54) is 30.5 Å². The fraction of sp³-hybridized carbons (Fsp3) is 0.400. The molecular formula is C20H26N4O. The van der Waals surface area contributed by atoms with Crippen LogP contribution >= 0.6 is 0 Å². The Kier molecular flexibility index (Phi) is 5.88. The number of para-hydroxylation sites is 1. The van der Waals surface area contributed by atoms with Crippen LogP contribution in [0.25, 0.3) is 0 Å². The summed E-state index contributed by atoms with van der Waals surface area (Å²) in [7, 11) is 1.84. The first-order chi connectivity index (χ1) is 12.2. The maximum Gasteiger partial charge on any atom is 0.317 e. The molecule has 0 aliphatic carbocycles. The van der Waals surface area contributed by atoms with Gasteiger partial charge in [0.25, 0.3) is 0 Å². The molecule has 3 rings (SSSR count). The van der Waals surface area contributed by atoms with E-state index in [1.54, 1.807) is 17.3 Å². The van der Waals surface area contributed by atoms with E-state index in [1.807, 2.05) is 25.2 Å². The molecule has 0 saturated carbocycles. The van der Waals surface area contributed by atoms with E-state index < -0.39 is 0 Å². The molecule has 1 aromatic heterocycles. The van der Waals surface area contributed by atoms with Gasteiger partial charge in [0.2, 0.25) is 0 Å². The van der Waals surface area contributed by atoms with Gasteiger partial charge < -0.3 is 15.1 Å². The second kappa shape index (κ2) is 8.51. The number of pyridine rings is 1. The number of carbonyl (C=O) groups excluding carboxylic acids is 1. The Hall–Kier alpha value is -2.56. The van der Waals surface area contributed by atoms with Crippen LogP contribution in [0, 0.1) is 0 Å². The number of urea groups is 1. The molecule has 1 aliphatic rings. The largest absolute Gasteiger partial charge is 0.371 e. The third-order valence-corrected chi connectivity index (χ3v) is 4.61. The minimum absolute atomic E-state index is 0.0719. The maximum atomic E-state index is 12.4. The van der Waals surface area contributed by atoms with Crippen LogP contribution in [0.5, 0.6) is 0 Å². The number of piperidine rings is 1. The zero-order valence-electron chi connectivity index (χ0n) is 14.8. The first-order valence-electron chi connectivity index (χ1n) is 8.95. The number of hydrogen-bond acceptors (Lipinski definition) is 3. The average molecular weight is 338 g/mol. The second-order valence-corrected chi connectivity index (χ2v) is 6.55. The highest BCUT2D eigenvalue weighted by molar-refractivity contribution is 5.74. The smallest absolute Gasteiger partial charge is 0.317 e. The first kappa shape index (κ1) is 17.3. The Morgan fingerprint density at radius 2 is 1.96 bits per heavy atom. The highest BCUT2D eigenvalue weighted by Crippen LogP contribution is 2.25. The summed E-state index contributed by atoms with van der Waals surface area (Å²) in [6, 6.07) is 12.2. The summed E-state index contributed by atoms with van der Waals surface area (Å²) in [4.78, 5) is 20.6. The van der Waals surface area contributed by atoms with Gasteiger partial charge in [-0.25, -0.2) is 4.79 Å². The van der Waals surface area contributed by atoms with Gasteiger partial charge in [0.05, 0.1) is 0 Å². The van der Waals surface area contributed by atoms with E-state index in [-0.39, 0.29) is 6.03 Å². The molecule has 2 aromatic rings. The number of carbonyl (C=O) groups is 1. The average Bonchev–Trinajstić information content (AvgIpc) is 2.68. The molecule has 2 heterocycles. The topological polar surface area (TPSA) is 48.5 Å². The highest BCUT2D eigenvalue weighted by Gasteiger charge is 2.16. The van der Waals surface area contributed by atoms with Crippen LogP contribution in [0.1, 0.15) is 30.4 Å². The minimum Gasteiger partial charge on any atom is -0.371 e. The van der Waals surface area contributed by atoms with Crippen molar-refractivity contribution in [3.8, 4) is 0 Å². The lowest BCUT2D eigenvalue weighted by atomic mass is 10.1. The van der Waals surface area contributed by atoms with Crippen LogP contribution in [0.2, 0.25) is 0 Å². The van der Waals surface area contributed by atoms with Gasteiger partial charge in [-0.2, -0.15) is 0 Å². The van der Waals surface area contributed by atoms with Crippen molar-refractivity contribution >= 4 is 11.7 Å². The zero-order valence-corrected chi connectivity index (χ0v) is 14.8. The summed E-state index contributed by atoms with van der Waals surface area (Å²) in [5, 5.41) is 2.95. The van der Waals surface area contributed by atoms with Gasteiger partial charge in [0, 0.05) is 51.3 Å². The molecule has 5 heteroatoms. The van der Waals surface area contributed by atoms with E-state index >= 15 is 0 Å². The van der Waals surface area contributed by atoms with Crippen molar-refractivity contribution in [3.05, 3.63) is 59.9 Å². The molecular weight excluding hydrogens is 312 g/mol. The number of benzene rings is 1. The van der Waals surface area contributed by atoms with E-state index in [9.17, 15) is 4.79 Å². The summed E-state index contributed by atoms with van der Waals surface area (Å²) in [5.41, 5.74) is 3.45. The number of nitrogens with one attached hydrogen (secondary N) is 1. The Bertz CT molecular complexity index is 683. The number of aromatic nitrogens is 1. The number of amides is 2. The van der Waals surface area contributed by atoms with Gasteiger partial charge in [0.1, 0.15) is 0 Å². The predicted molar refractivity (Wildman–Crippen MR) is 100 cm³/mol. The zero-order chi connectivity index (χ0) is 17.5. The lowest BCUT2D eigenvalue weighted by Gasteiger charge is -2.31. The Labute approximate surface area is 149 Å². The molecule has 0 atom stereocenters. The van der Waals surface area contributed by atoms with Crippen LogP contribution in [0.4, 0.5) is 10.5 Å². The molecule has 1 aliphatic heterocycles.